The molecule has 0 spiro atoms. The molecule has 2 rings (SSSR count). The van der Waals surface area contributed by atoms with Gasteiger partial charge in [0.05, 0.1) is 5.60 Å². The van der Waals surface area contributed by atoms with Crippen molar-refractivity contribution >= 4 is 21.8 Å². The largest absolute Gasteiger partial charge is 0.377 e. The lowest BCUT2D eigenvalue weighted by molar-refractivity contribution is -0.0442. The number of carbonyl (C=O) groups excluding carboxylic acids is 1. The molecule has 1 fully saturated rings. The molecular weight excluding hydrogens is 308 g/mol. The van der Waals surface area contributed by atoms with Gasteiger partial charge in [-0.25, -0.2) is 0 Å². The molecule has 0 saturated carbocycles. The van der Waals surface area contributed by atoms with Crippen molar-refractivity contribution < 1.29 is 9.53 Å². The number of ether oxygens (including phenoxy) is 1. The van der Waals surface area contributed by atoms with E-state index in [4.69, 9.17) is 4.74 Å². The van der Waals surface area contributed by atoms with E-state index in [-0.39, 0.29) is 11.5 Å². The third kappa shape index (κ3) is 3.03. The lowest BCUT2D eigenvalue weighted by atomic mass is 9.94. The molecule has 1 atom stereocenters. The van der Waals surface area contributed by atoms with Crippen molar-refractivity contribution in [2.75, 3.05) is 20.2 Å². The maximum atomic E-state index is 12.6. The predicted molar refractivity (Wildman–Crippen MR) is 78.4 cm³/mol. The summed E-state index contributed by atoms with van der Waals surface area (Å²) in [6.07, 6.45) is 3.95. The standard InChI is InChI=1S/C14H21BrN2O2/c1-4-16-9-11(15)8-12(16)13(18)17-7-5-6-14(2,10-17)19-3/h8-9H,4-7,10H2,1-3H3. The zero-order valence-corrected chi connectivity index (χ0v) is 13.4. The molecule has 0 N–H and O–H groups in total. The topological polar surface area (TPSA) is 34.5 Å². The summed E-state index contributed by atoms with van der Waals surface area (Å²) in [6, 6.07) is 1.89. The minimum Gasteiger partial charge on any atom is -0.377 e. The van der Waals surface area contributed by atoms with Crippen molar-refractivity contribution in [1.82, 2.24) is 9.47 Å². The molecule has 4 nitrogen and oxygen atoms in total. The Kier molecular flexibility index (Phi) is 4.36. The smallest absolute Gasteiger partial charge is 0.270 e. The van der Waals surface area contributed by atoms with Gasteiger partial charge < -0.3 is 14.2 Å². The monoisotopic (exact) mass is 328 g/mol. The maximum absolute atomic E-state index is 12.6. The third-order valence-corrected chi connectivity index (χ3v) is 4.30. The fraction of sp³-hybridized carbons (Fsp3) is 0.643. The molecule has 0 radical (unpaired) electrons. The van der Waals surface area contributed by atoms with Gasteiger partial charge in [0.15, 0.2) is 0 Å². The van der Waals surface area contributed by atoms with Crippen molar-refractivity contribution in [1.29, 1.82) is 0 Å². The average Bonchev–Trinajstić information content (AvgIpc) is 2.79. The number of carbonyl (C=O) groups is 1. The molecule has 1 aromatic rings. The molecule has 0 aliphatic carbocycles. The summed E-state index contributed by atoms with van der Waals surface area (Å²) >= 11 is 3.44. The zero-order chi connectivity index (χ0) is 14.0. The van der Waals surface area contributed by atoms with Gasteiger partial charge >= 0.3 is 0 Å². The Balaban J connectivity index is 2.19. The number of aryl methyl sites for hydroxylation is 1. The second-order valence-corrected chi connectivity index (χ2v) is 6.23. The number of aromatic nitrogens is 1. The molecule has 0 bridgehead atoms. The van der Waals surface area contributed by atoms with E-state index in [1.165, 1.54) is 0 Å². The maximum Gasteiger partial charge on any atom is 0.270 e. The van der Waals surface area contributed by atoms with E-state index in [0.29, 0.717) is 6.54 Å². The van der Waals surface area contributed by atoms with Crippen LogP contribution in [-0.2, 0) is 11.3 Å². The van der Waals surface area contributed by atoms with Gasteiger partial charge in [0, 0.05) is 37.4 Å². The zero-order valence-electron chi connectivity index (χ0n) is 11.8. The predicted octanol–water partition coefficient (Wildman–Crippen LogP) is 2.91. The second-order valence-electron chi connectivity index (χ2n) is 5.31. The lowest BCUT2D eigenvalue weighted by Gasteiger charge is -2.39. The van der Waals surface area contributed by atoms with Crippen LogP contribution < -0.4 is 0 Å². The first kappa shape index (κ1) is 14.6. The normalized spacial score (nSPS) is 23.7. The van der Waals surface area contributed by atoms with Gasteiger partial charge in [-0.3, -0.25) is 4.79 Å². The number of rotatable bonds is 3. The summed E-state index contributed by atoms with van der Waals surface area (Å²) < 4.78 is 8.47. The number of methoxy groups -OCH3 is 1. The average molecular weight is 329 g/mol. The molecule has 106 valence electrons. The lowest BCUT2D eigenvalue weighted by Crippen LogP contribution is -2.50. The van der Waals surface area contributed by atoms with Crippen molar-refractivity contribution in [3.05, 3.63) is 22.4 Å². The van der Waals surface area contributed by atoms with Crippen molar-refractivity contribution in [3.63, 3.8) is 0 Å². The Morgan fingerprint density at radius 3 is 2.95 bits per heavy atom. The SMILES string of the molecule is CCn1cc(Br)cc1C(=O)N1CCCC(C)(OC)C1. The summed E-state index contributed by atoms with van der Waals surface area (Å²) in [4.78, 5) is 14.5. The first-order valence-corrected chi connectivity index (χ1v) is 7.48. The van der Waals surface area contributed by atoms with E-state index in [0.717, 1.165) is 36.1 Å². The molecule has 1 saturated heterocycles. The van der Waals surface area contributed by atoms with E-state index in [2.05, 4.69) is 22.9 Å². The van der Waals surface area contributed by atoms with Crippen LogP contribution in [0.5, 0.6) is 0 Å². The van der Waals surface area contributed by atoms with Crippen LogP contribution in [0.1, 0.15) is 37.2 Å². The van der Waals surface area contributed by atoms with Crippen LogP contribution in [0.15, 0.2) is 16.7 Å². The number of hydrogen-bond acceptors (Lipinski definition) is 2. The summed E-state index contributed by atoms with van der Waals surface area (Å²) in [5, 5.41) is 0. The first-order valence-electron chi connectivity index (χ1n) is 6.69. The van der Waals surface area contributed by atoms with Gasteiger partial charge in [0.25, 0.3) is 5.91 Å². The molecule has 2 heterocycles. The van der Waals surface area contributed by atoms with Crippen LogP contribution in [0.3, 0.4) is 0 Å². The molecule has 5 heteroatoms. The number of amides is 1. The minimum atomic E-state index is -0.214. The van der Waals surface area contributed by atoms with E-state index in [1.807, 2.05) is 28.7 Å². The fourth-order valence-electron chi connectivity index (χ4n) is 2.62. The molecule has 19 heavy (non-hydrogen) atoms. The number of halogens is 1. The van der Waals surface area contributed by atoms with Crippen LogP contribution in [0.25, 0.3) is 0 Å². The van der Waals surface area contributed by atoms with Crippen LogP contribution >= 0.6 is 15.9 Å². The molecule has 1 aromatic heterocycles. The van der Waals surface area contributed by atoms with Gasteiger partial charge in [-0.15, -0.1) is 0 Å². The molecular formula is C14H21BrN2O2. The highest BCUT2D eigenvalue weighted by Gasteiger charge is 2.34. The second kappa shape index (κ2) is 5.67. The van der Waals surface area contributed by atoms with Crippen LogP contribution in [0.4, 0.5) is 0 Å². The Hall–Kier alpha value is -0.810. The summed E-state index contributed by atoms with van der Waals surface area (Å²) in [6.45, 7) is 6.38. The number of likely N-dealkylation sites (tertiary alicyclic amines) is 1. The van der Waals surface area contributed by atoms with Gasteiger partial charge in [0.2, 0.25) is 0 Å². The molecule has 1 aliphatic heterocycles. The summed E-state index contributed by atoms with van der Waals surface area (Å²) in [5.74, 6) is 0.0931. The van der Waals surface area contributed by atoms with E-state index in [1.54, 1.807) is 7.11 Å². The van der Waals surface area contributed by atoms with Gasteiger partial charge in [-0.05, 0) is 48.7 Å². The molecule has 1 unspecified atom stereocenters. The van der Waals surface area contributed by atoms with Gasteiger partial charge in [0.1, 0.15) is 5.69 Å². The van der Waals surface area contributed by atoms with Crippen LogP contribution in [0, 0.1) is 0 Å². The summed E-state index contributed by atoms with van der Waals surface area (Å²) in [5.41, 5.74) is 0.532. The Morgan fingerprint density at radius 2 is 2.32 bits per heavy atom. The van der Waals surface area contributed by atoms with E-state index >= 15 is 0 Å². The highest BCUT2D eigenvalue weighted by Crippen LogP contribution is 2.26. The Labute approximate surface area is 122 Å². The molecule has 0 aromatic carbocycles. The number of nitrogens with zero attached hydrogens (tertiary/aromatic N) is 2. The highest BCUT2D eigenvalue weighted by molar-refractivity contribution is 9.10. The fourth-order valence-corrected chi connectivity index (χ4v) is 3.09. The van der Waals surface area contributed by atoms with Crippen molar-refractivity contribution in [3.8, 4) is 0 Å². The molecule has 1 aliphatic rings. The number of hydrogen-bond donors (Lipinski definition) is 0. The Bertz CT molecular complexity index is 472. The first-order chi connectivity index (χ1) is 8.99. The van der Waals surface area contributed by atoms with E-state index in [9.17, 15) is 4.79 Å². The van der Waals surface area contributed by atoms with Crippen molar-refractivity contribution in [2.45, 2.75) is 38.8 Å². The van der Waals surface area contributed by atoms with Crippen molar-refractivity contribution in [2.24, 2.45) is 0 Å². The highest BCUT2D eigenvalue weighted by atomic mass is 79.9. The third-order valence-electron chi connectivity index (χ3n) is 3.86. The summed E-state index contributed by atoms with van der Waals surface area (Å²) in [7, 11) is 1.72. The quantitative estimate of drug-likeness (QED) is 0.855. The minimum absolute atomic E-state index is 0.0931. The van der Waals surface area contributed by atoms with Gasteiger partial charge in [-0.1, -0.05) is 0 Å². The Morgan fingerprint density at radius 1 is 1.58 bits per heavy atom. The number of piperidine rings is 1. The molecule has 1 amide bonds. The van der Waals surface area contributed by atoms with Gasteiger partial charge in [-0.2, -0.15) is 0 Å². The van der Waals surface area contributed by atoms with Crippen LogP contribution in [-0.4, -0.2) is 41.2 Å². The van der Waals surface area contributed by atoms with E-state index < -0.39 is 0 Å². The van der Waals surface area contributed by atoms with Crippen LogP contribution in [0.2, 0.25) is 0 Å².